The molecule has 0 aromatic carbocycles. The van der Waals surface area contributed by atoms with Crippen molar-refractivity contribution in [1.29, 1.82) is 0 Å². The number of carbonyl (C=O) groups excluding carboxylic acids is 2. The average molecular weight is 337 g/mol. The standard InChI is InChI=1S/C15H19N3O4S/c1-23(21,22)6-4-14(19)17-8-11-9-18(15(20)13(11)10-17)12-3-2-5-16-7-12/h2-3,5,7,11,13H,4,6,8-10H2,1H3/t11-,13-/m0/s1. The van der Waals surface area contributed by atoms with Crippen molar-refractivity contribution in [3.05, 3.63) is 24.5 Å². The summed E-state index contributed by atoms with van der Waals surface area (Å²) in [6.45, 7) is 1.46. The number of sulfone groups is 1. The van der Waals surface area contributed by atoms with Crippen LogP contribution in [0.25, 0.3) is 0 Å². The number of fused-ring (bicyclic) bond motifs is 1. The summed E-state index contributed by atoms with van der Waals surface area (Å²) < 4.78 is 22.3. The molecule has 0 saturated carbocycles. The Morgan fingerprint density at radius 1 is 1.35 bits per heavy atom. The number of hydrogen-bond donors (Lipinski definition) is 0. The smallest absolute Gasteiger partial charge is 0.232 e. The van der Waals surface area contributed by atoms with Gasteiger partial charge in [-0.2, -0.15) is 0 Å². The Kier molecular flexibility index (Phi) is 4.09. The average Bonchev–Trinajstić information content (AvgIpc) is 3.05. The predicted octanol–water partition coefficient (Wildman–Crippen LogP) is -0.0625. The molecule has 3 heterocycles. The number of rotatable bonds is 4. The Hall–Kier alpha value is -1.96. The molecule has 0 N–H and O–H groups in total. The summed E-state index contributed by atoms with van der Waals surface area (Å²) in [7, 11) is -3.15. The number of likely N-dealkylation sites (tertiary alicyclic amines) is 1. The second-order valence-corrected chi connectivity index (χ2v) is 8.46. The lowest BCUT2D eigenvalue weighted by Crippen LogP contribution is -2.36. The molecular formula is C15H19N3O4S. The fourth-order valence-electron chi connectivity index (χ4n) is 3.24. The highest BCUT2D eigenvalue weighted by Gasteiger charge is 2.47. The van der Waals surface area contributed by atoms with Gasteiger partial charge in [-0.1, -0.05) is 0 Å². The zero-order chi connectivity index (χ0) is 16.6. The Bertz CT molecular complexity index is 719. The second kappa shape index (κ2) is 5.92. The number of pyridine rings is 1. The second-order valence-electron chi connectivity index (χ2n) is 6.21. The minimum absolute atomic E-state index is 0.0151. The van der Waals surface area contributed by atoms with Crippen LogP contribution in [0, 0.1) is 11.8 Å². The molecule has 2 amide bonds. The van der Waals surface area contributed by atoms with Gasteiger partial charge in [-0.25, -0.2) is 8.42 Å². The summed E-state index contributed by atoms with van der Waals surface area (Å²) in [5.41, 5.74) is 0.779. The molecule has 23 heavy (non-hydrogen) atoms. The minimum atomic E-state index is -3.15. The van der Waals surface area contributed by atoms with Crippen LogP contribution >= 0.6 is 0 Å². The molecule has 2 aliphatic heterocycles. The Morgan fingerprint density at radius 2 is 2.13 bits per heavy atom. The van der Waals surface area contributed by atoms with Crippen molar-refractivity contribution in [2.24, 2.45) is 11.8 Å². The van der Waals surface area contributed by atoms with Gasteiger partial charge in [0.1, 0.15) is 9.84 Å². The third kappa shape index (κ3) is 3.36. The first-order valence-corrected chi connectivity index (χ1v) is 9.58. The van der Waals surface area contributed by atoms with Gasteiger partial charge in [0.2, 0.25) is 11.8 Å². The molecule has 0 unspecified atom stereocenters. The Morgan fingerprint density at radius 3 is 2.74 bits per heavy atom. The Balaban J connectivity index is 1.62. The van der Waals surface area contributed by atoms with E-state index in [-0.39, 0.29) is 35.8 Å². The minimum Gasteiger partial charge on any atom is -0.341 e. The quantitative estimate of drug-likeness (QED) is 0.768. The number of hydrogen-bond acceptors (Lipinski definition) is 5. The molecule has 0 aliphatic carbocycles. The molecule has 0 bridgehead atoms. The highest BCUT2D eigenvalue weighted by atomic mass is 32.2. The van der Waals surface area contributed by atoms with E-state index in [0.717, 1.165) is 11.9 Å². The maximum Gasteiger partial charge on any atom is 0.232 e. The third-order valence-corrected chi connectivity index (χ3v) is 5.38. The van der Waals surface area contributed by atoms with Crippen LogP contribution < -0.4 is 4.90 Å². The van der Waals surface area contributed by atoms with Gasteiger partial charge in [-0.3, -0.25) is 14.6 Å². The van der Waals surface area contributed by atoms with Crippen molar-refractivity contribution in [3.8, 4) is 0 Å². The lowest BCUT2D eigenvalue weighted by molar-refractivity contribution is -0.130. The van der Waals surface area contributed by atoms with Crippen molar-refractivity contribution >= 4 is 27.3 Å². The Labute approximate surface area is 135 Å². The van der Waals surface area contributed by atoms with Crippen molar-refractivity contribution in [1.82, 2.24) is 9.88 Å². The van der Waals surface area contributed by atoms with E-state index in [9.17, 15) is 18.0 Å². The molecule has 1 aromatic rings. The van der Waals surface area contributed by atoms with Gasteiger partial charge < -0.3 is 9.80 Å². The zero-order valence-electron chi connectivity index (χ0n) is 12.9. The first kappa shape index (κ1) is 15.9. The zero-order valence-corrected chi connectivity index (χ0v) is 13.7. The number of aromatic nitrogens is 1. The molecule has 7 nitrogen and oxygen atoms in total. The van der Waals surface area contributed by atoms with Gasteiger partial charge in [0, 0.05) is 44.4 Å². The van der Waals surface area contributed by atoms with Gasteiger partial charge >= 0.3 is 0 Å². The van der Waals surface area contributed by atoms with Gasteiger partial charge in [-0.05, 0) is 12.1 Å². The molecule has 0 radical (unpaired) electrons. The normalized spacial score (nSPS) is 24.1. The summed E-state index contributed by atoms with van der Waals surface area (Å²) in [6, 6.07) is 3.64. The van der Waals surface area contributed by atoms with Crippen molar-refractivity contribution < 1.29 is 18.0 Å². The monoisotopic (exact) mass is 337 g/mol. The highest BCUT2D eigenvalue weighted by molar-refractivity contribution is 7.90. The van der Waals surface area contributed by atoms with Crippen LogP contribution in [0.3, 0.4) is 0 Å². The summed E-state index contributed by atoms with van der Waals surface area (Å²) in [6.07, 6.45) is 4.42. The largest absolute Gasteiger partial charge is 0.341 e. The number of anilines is 1. The molecule has 0 spiro atoms. The van der Waals surface area contributed by atoms with Crippen LogP contribution in [0.4, 0.5) is 5.69 Å². The number of carbonyl (C=O) groups is 2. The maximum atomic E-state index is 12.5. The summed E-state index contributed by atoms with van der Waals surface area (Å²) in [5.74, 6) is -0.415. The fourth-order valence-corrected chi connectivity index (χ4v) is 3.79. The van der Waals surface area contributed by atoms with Crippen LogP contribution in [0.5, 0.6) is 0 Å². The topological polar surface area (TPSA) is 87.7 Å². The van der Waals surface area contributed by atoms with Gasteiger partial charge in [0.05, 0.1) is 23.6 Å². The van der Waals surface area contributed by atoms with Crippen LogP contribution in [-0.2, 0) is 19.4 Å². The SMILES string of the molecule is CS(=O)(=O)CCC(=O)N1C[C@H]2CN(c3cccnc3)C(=O)[C@H]2C1. The van der Waals surface area contributed by atoms with Gasteiger partial charge in [0.25, 0.3) is 0 Å². The van der Waals surface area contributed by atoms with E-state index in [4.69, 9.17) is 0 Å². The molecular weight excluding hydrogens is 318 g/mol. The van der Waals surface area contributed by atoms with Crippen molar-refractivity contribution in [3.63, 3.8) is 0 Å². The van der Waals surface area contributed by atoms with Crippen molar-refractivity contribution in [2.45, 2.75) is 6.42 Å². The summed E-state index contributed by atoms with van der Waals surface area (Å²) in [4.78, 5) is 32.0. The molecule has 2 saturated heterocycles. The van der Waals surface area contributed by atoms with E-state index >= 15 is 0 Å². The van der Waals surface area contributed by atoms with E-state index in [1.54, 1.807) is 28.3 Å². The van der Waals surface area contributed by atoms with E-state index in [0.29, 0.717) is 19.6 Å². The molecule has 2 fully saturated rings. The molecule has 124 valence electrons. The molecule has 1 aromatic heterocycles. The molecule has 2 atom stereocenters. The first-order chi connectivity index (χ1) is 10.8. The van der Waals surface area contributed by atoms with E-state index in [1.807, 2.05) is 6.07 Å². The number of amides is 2. The van der Waals surface area contributed by atoms with Crippen LogP contribution in [0.1, 0.15) is 6.42 Å². The van der Waals surface area contributed by atoms with E-state index in [1.165, 1.54) is 0 Å². The number of nitrogens with zero attached hydrogens (tertiary/aromatic N) is 3. The van der Waals surface area contributed by atoms with Crippen LogP contribution in [0.15, 0.2) is 24.5 Å². The van der Waals surface area contributed by atoms with Crippen LogP contribution in [0.2, 0.25) is 0 Å². The lowest BCUT2D eigenvalue weighted by Gasteiger charge is -2.21. The highest BCUT2D eigenvalue weighted by Crippen LogP contribution is 2.35. The van der Waals surface area contributed by atoms with Crippen LogP contribution in [-0.4, -0.2) is 61.8 Å². The molecule has 8 heteroatoms. The summed E-state index contributed by atoms with van der Waals surface area (Å²) >= 11 is 0. The van der Waals surface area contributed by atoms with Gasteiger partial charge in [0.15, 0.2) is 0 Å². The maximum absolute atomic E-state index is 12.5. The van der Waals surface area contributed by atoms with Crippen molar-refractivity contribution in [2.75, 3.05) is 36.5 Å². The predicted molar refractivity (Wildman–Crippen MR) is 84.5 cm³/mol. The third-order valence-electron chi connectivity index (χ3n) is 4.44. The fraction of sp³-hybridized carbons (Fsp3) is 0.533. The lowest BCUT2D eigenvalue weighted by atomic mass is 10.0. The van der Waals surface area contributed by atoms with E-state index in [2.05, 4.69) is 4.98 Å². The first-order valence-electron chi connectivity index (χ1n) is 7.52. The summed E-state index contributed by atoms with van der Waals surface area (Å²) in [5, 5.41) is 0. The van der Waals surface area contributed by atoms with E-state index < -0.39 is 9.84 Å². The molecule has 3 rings (SSSR count). The molecule has 2 aliphatic rings. The van der Waals surface area contributed by atoms with Gasteiger partial charge in [-0.15, -0.1) is 0 Å².